The monoisotopic (exact) mass is 423 g/mol. The number of benzene rings is 1. The summed E-state index contributed by atoms with van der Waals surface area (Å²) in [5, 5.41) is 10.8. The fourth-order valence-corrected chi connectivity index (χ4v) is 3.95. The number of H-pyrrole nitrogens is 1. The molecule has 1 aromatic carbocycles. The van der Waals surface area contributed by atoms with Crippen LogP contribution in [0.2, 0.25) is 0 Å². The van der Waals surface area contributed by atoms with E-state index >= 15 is 0 Å². The molecule has 0 aliphatic carbocycles. The Hall–Kier alpha value is -3.47. The van der Waals surface area contributed by atoms with Crippen molar-refractivity contribution in [2.45, 2.75) is 0 Å². The molecule has 2 fully saturated rings. The van der Waals surface area contributed by atoms with Gasteiger partial charge in [0.15, 0.2) is 5.82 Å². The van der Waals surface area contributed by atoms with E-state index in [1.54, 1.807) is 18.1 Å². The summed E-state index contributed by atoms with van der Waals surface area (Å²) < 4.78 is 5.50. The molecule has 11 nitrogen and oxygen atoms in total. The first-order chi connectivity index (χ1) is 15.2. The molecule has 0 unspecified atom stereocenters. The number of hydrogen-bond donors (Lipinski definition) is 2. The summed E-state index contributed by atoms with van der Waals surface area (Å²) in [4.78, 5) is 32.4. The van der Waals surface area contributed by atoms with Crippen LogP contribution in [0.1, 0.15) is 0 Å². The molecule has 11 heteroatoms. The van der Waals surface area contributed by atoms with E-state index in [1.165, 1.54) is 0 Å². The maximum absolute atomic E-state index is 11.9. The molecule has 0 radical (unpaired) electrons. The number of urea groups is 1. The van der Waals surface area contributed by atoms with Gasteiger partial charge in [-0.25, -0.2) is 4.79 Å². The Balaban J connectivity index is 1.51. The Morgan fingerprint density at radius 3 is 2.42 bits per heavy atom. The summed E-state index contributed by atoms with van der Waals surface area (Å²) in [6.07, 6.45) is 1.80. The predicted molar refractivity (Wildman–Crippen MR) is 116 cm³/mol. The van der Waals surface area contributed by atoms with Gasteiger partial charge in [0.2, 0.25) is 11.9 Å². The Labute approximate surface area is 179 Å². The third kappa shape index (κ3) is 3.83. The lowest BCUT2D eigenvalue weighted by atomic mass is 10.1. The summed E-state index contributed by atoms with van der Waals surface area (Å²) in [6, 6.07) is 5.89. The number of fused-ring (bicyclic) bond motifs is 1. The normalized spacial score (nSPS) is 17.3. The fourth-order valence-electron chi connectivity index (χ4n) is 3.95. The van der Waals surface area contributed by atoms with E-state index in [0.717, 1.165) is 29.6 Å². The molecule has 2 amide bonds. The van der Waals surface area contributed by atoms with Crippen molar-refractivity contribution >= 4 is 28.8 Å². The van der Waals surface area contributed by atoms with Gasteiger partial charge in [-0.2, -0.15) is 20.1 Å². The fraction of sp³-hybridized carbons (Fsp3) is 0.450. The Morgan fingerprint density at radius 2 is 1.71 bits per heavy atom. The Morgan fingerprint density at radius 1 is 1.00 bits per heavy atom. The van der Waals surface area contributed by atoms with Crippen LogP contribution in [-0.4, -0.2) is 95.6 Å². The van der Waals surface area contributed by atoms with Gasteiger partial charge in [-0.05, 0) is 6.07 Å². The van der Waals surface area contributed by atoms with E-state index in [4.69, 9.17) is 19.7 Å². The van der Waals surface area contributed by atoms with Crippen LogP contribution in [0, 0.1) is 0 Å². The van der Waals surface area contributed by atoms with Crippen molar-refractivity contribution < 1.29 is 9.53 Å². The van der Waals surface area contributed by atoms with Crippen LogP contribution in [0.25, 0.3) is 22.3 Å². The molecule has 0 atom stereocenters. The number of nitrogens with one attached hydrogen (secondary N) is 2. The van der Waals surface area contributed by atoms with Gasteiger partial charge in [0, 0.05) is 57.3 Å². The van der Waals surface area contributed by atoms with Gasteiger partial charge in [0.05, 0.1) is 24.9 Å². The van der Waals surface area contributed by atoms with Gasteiger partial charge >= 0.3 is 6.03 Å². The van der Waals surface area contributed by atoms with Crippen LogP contribution < -0.4 is 15.1 Å². The second kappa shape index (κ2) is 8.34. The number of carbonyl (C=O) groups excluding carboxylic acids is 1. The van der Waals surface area contributed by atoms with Gasteiger partial charge in [-0.3, -0.25) is 5.10 Å². The van der Waals surface area contributed by atoms with Crippen molar-refractivity contribution in [3.63, 3.8) is 0 Å². The van der Waals surface area contributed by atoms with Crippen LogP contribution in [0.15, 0.2) is 24.4 Å². The molecular weight excluding hydrogens is 398 g/mol. The maximum Gasteiger partial charge on any atom is 0.317 e. The standard InChI is InChI=1S/C20H25N9O2/c1-21-20(30)29-7-5-27(6-8-29)18-23-17(14-3-2-4-16-15(14)13-22-26-16)24-19(25-18)28-9-11-31-12-10-28/h2-4,13H,5-12H2,1H3,(H,21,30)(H,22,26). The topological polar surface area (TPSA) is 115 Å². The predicted octanol–water partition coefficient (Wildman–Crippen LogP) is 0.713. The van der Waals surface area contributed by atoms with Crippen LogP contribution in [-0.2, 0) is 4.74 Å². The number of aromatic nitrogens is 5. The average Bonchev–Trinajstić information content (AvgIpc) is 3.33. The second-order valence-electron chi connectivity index (χ2n) is 7.52. The van der Waals surface area contributed by atoms with E-state index in [1.807, 2.05) is 18.2 Å². The van der Waals surface area contributed by atoms with Crippen LogP contribution in [0.4, 0.5) is 16.7 Å². The molecule has 2 aromatic heterocycles. The summed E-state index contributed by atoms with van der Waals surface area (Å²) in [5.74, 6) is 1.90. The highest BCUT2D eigenvalue weighted by molar-refractivity contribution is 5.92. The van der Waals surface area contributed by atoms with Gasteiger partial charge in [-0.1, -0.05) is 12.1 Å². The van der Waals surface area contributed by atoms with Crippen LogP contribution in [0.3, 0.4) is 0 Å². The van der Waals surface area contributed by atoms with E-state index in [9.17, 15) is 4.79 Å². The van der Waals surface area contributed by atoms with E-state index in [-0.39, 0.29) is 6.03 Å². The lowest BCUT2D eigenvalue weighted by Gasteiger charge is -2.35. The zero-order valence-corrected chi connectivity index (χ0v) is 17.4. The number of hydrogen-bond acceptors (Lipinski definition) is 8. The molecule has 2 saturated heterocycles. The SMILES string of the molecule is CNC(=O)N1CCN(c2nc(-c3cccc4[nH]ncc34)nc(N3CCOCC3)n2)CC1. The molecule has 2 aliphatic rings. The third-order valence-corrected chi connectivity index (χ3v) is 5.69. The number of nitrogens with zero attached hydrogens (tertiary/aromatic N) is 7. The van der Waals surface area contributed by atoms with Crippen molar-refractivity contribution in [3.8, 4) is 11.4 Å². The van der Waals surface area contributed by atoms with Gasteiger partial charge in [0.1, 0.15) is 0 Å². The van der Waals surface area contributed by atoms with Crippen molar-refractivity contribution in [2.24, 2.45) is 0 Å². The zero-order chi connectivity index (χ0) is 21.2. The molecule has 4 heterocycles. The quantitative estimate of drug-likeness (QED) is 0.633. The molecule has 3 aromatic rings. The zero-order valence-electron chi connectivity index (χ0n) is 17.4. The highest BCUT2D eigenvalue weighted by atomic mass is 16.5. The number of ether oxygens (including phenoxy) is 1. The van der Waals surface area contributed by atoms with E-state index < -0.39 is 0 Å². The molecule has 2 aliphatic heterocycles. The molecular formula is C20H25N9O2. The van der Waals surface area contributed by atoms with E-state index in [0.29, 0.717) is 57.1 Å². The number of aromatic amines is 1. The average molecular weight is 423 g/mol. The first-order valence-corrected chi connectivity index (χ1v) is 10.5. The van der Waals surface area contributed by atoms with Gasteiger partial charge in [0.25, 0.3) is 0 Å². The molecule has 2 N–H and O–H groups in total. The first kappa shape index (κ1) is 19.5. The highest BCUT2D eigenvalue weighted by Gasteiger charge is 2.25. The number of amides is 2. The van der Waals surface area contributed by atoms with Crippen molar-refractivity contribution in [1.82, 2.24) is 35.4 Å². The van der Waals surface area contributed by atoms with E-state index in [2.05, 4.69) is 25.3 Å². The second-order valence-corrected chi connectivity index (χ2v) is 7.52. The molecule has 0 bridgehead atoms. The summed E-state index contributed by atoms with van der Waals surface area (Å²) in [6.45, 7) is 5.34. The third-order valence-electron chi connectivity index (χ3n) is 5.69. The minimum absolute atomic E-state index is 0.0587. The highest BCUT2D eigenvalue weighted by Crippen LogP contribution is 2.28. The largest absolute Gasteiger partial charge is 0.378 e. The number of anilines is 2. The van der Waals surface area contributed by atoms with Crippen LogP contribution >= 0.6 is 0 Å². The van der Waals surface area contributed by atoms with Crippen molar-refractivity contribution in [2.75, 3.05) is 69.3 Å². The molecule has 31 heavy (non-hydrogen) atoms. The number of piperazine rings is 1. The summed E-state index contributed by atoms with van der Waals surface area (Å²) in [5.41, 5.74) is 1.85. The number of carbonyl (C=O) groups is 1. The molecule has 0 saturated carbocycles. The number of rotatable bonds is 3. The minimum Gasteiger partial charge on any atom is -0.378 e. The van der Waals surface area contributed by atoms with Crippen molar-refractivity contribution in [3.05, 3.63) is 24.4 Å². The Bertz CT molecular complexity index is 1070. The molecule has 0 spiro atoms. The van der Waals surface area contributed by atoms with Gasteiger partial charge < -0.3 is 24.8 Å². The number of morpholine rings is 1. The lowest BCUT2D eigenvalue weighted by molar-refractivity contribution is 0.122. The Kier molecular flexibility index (Phi) is 5.24. The maximum atomic E-state index is 11.9. The minimum atomic E-state index is -0.0587. The lowest BCUT2D eigenvalue weighted by Crippen LogP contribution is -2.51. The smallest absolute Gasteiger partial charge is 0.317 e. The van der Waals surface area contributed by atoms with Gasteiger partial charge in [-0.15, -0.1) is 0 Å². The summed E-state index contributed by atoms with van der Waals surface area (Å²) in [7, 11) is 1.65. The first-order valence-electron chi connectivity index (χ1n) is 10.5. The molecule has 5 rings (SSSR count). The molecule has 162 valence electrons. The van der Waals surface area contributed by atoms with Crippen molar-refractivity contribution in [1.29, 1.82) is 0 Å². The summed E-state index contributed by atoms with van der Waals surface area (Å²) >= 11 is 0. The van der Waals surface area contributed by atoms with Crippen LogP contribution in [0.5, 0.6) is 0 Å².